The van der Waals surface area contributed by atoms with E-state index in [1.165, 1.54) is 0 Å². The maximum absolute atomic E-state index is 6.05. The zero-order valence-corrected chi connectivity index (χ0v) is 8.68. The van der Waals surface area contributed by atoms with E-state index in [0.717, 1.165) is 23.0 Å². The van der Waals surface area contributed by atoms with Gasteiger partial charge in [0.1, 0.15) is 0 Å². The summed E-state index contributed by atoms with van der Waals surface area (Å²) >= 11 is 6.05. The zero-order valence-electron chi connectivity index (χ0n) is 7.93. The van der Waals surface area contributed by atoms with Gasteiger partial charge < -0.3 is 4.90 Å². The molecule has 0 amide bonds. The highest BCUT2D eigenvalue weighted by Gasteiger charge is 2.10. The second-order valence-corrected chi connectivity index (χ2v) is 3.59. The highest BCUT2D eigenvalue weighted by atomic mass is 35.5. The van der Waals surface area contributed by atoms with Crippen LogP contribution in [0.2, 0.25) is 5.02 Å². The maximum atomic E-state index is 6.05. The lowest BCUT2D eigenvalue weighted by Crippen LogP contribution is -2.11. The molecule has 1 aromatic rings. The first-order valence-corrected chi connectivity index (χ1v) is 4.23. The molecule has 68 valence electrons. The van der Waals surface area contributed by atoms with Crippen molar-refractivity contribution in [3.8, 4) is 0 Å². The predicted octanol–water partition coefficient (Wildman–Crippen LogP) is 1.44. The van der Waals surface area contributed by atoms with Crippen molar-refractivity contribution in [1.29, 1.82) is 0 Å². The van der Waals surface area contributed by atoms with Gasteiger partial charge >= 0.3 is 0 Å². The van der Waals surface area contributed by atoms with E-state index in [-0.39, 0.29) is 0 Å². The predicted molar refractivity (Wildman–Crippen MR) is 50.3 cm³/mol. The lowest BCUT2D eigenvalue weighted by Gasteiger charge is -2.06. The Morgan fingerprint density at radius 3 is 2.42 bits per heavy atom. The number of hydrogen-bond acceptors (Lipinski definition) is 2. The molecule has 0 radical (unpaired) electrons. The van der Waals surface area contributed by atoms with Gasteiger partial charge in [-0.25, -0.2) is 0 Å². The van der Waals surface area contributed by atoms with E-state index in [0.29, 0.717) is 0 Å². The summed E-state index contributed by atoms with van der Waals surface area (Å²) in [5.74, 6) is 0. The van der Waals surface area contributed by atoms with Gasteiger partial charge in [-0.3, -0.25) is 4.68 Å². The molecule has 0 unspecified atom stereocenters. The third kappa shape index (κ3) is 1.79. The van der Waals surface area contributed by atoms with Crippen molar-refractivity contribution < 1.29 is 0 Å². The van der Waals surface area contributed by atoms with E-state index < -0.39 is 0 Å². The highest BCUT2D eigenvalue weighted by Crippen LogP contribution is 2.19. The van der Waals surface area contributed by atoms with Gasteiger partial charge in [-0.2, -0.15) is 5.10 Å². The van der Waals surface area contributed by atoms with Crippen molar-refractivity contribution in [2.24, 2.45) is 7.05 Å². The van der Waals surface area contributed by atoms with E-state index in [2.05, 4.69) is 5.10 Å². The molecular formula is C8H14ClN3. The number of aromatic nitrogens is 2. The van der Waals surface area contributed by atoms with Gasteiger partial charge in [0.05, 0.1) is 16.4 Å². The Labute approximate surface area is 77.9 Å². The molecule has 0 N–H and O–H groups in total. The third-order valence-electron chi connectivity index (χ3n) is 1.79. The number of hydrogen-bond donors (Lipinski definition) is 0. The Balaban J connectivity index is 2.93. The van der Waals surface area contributed by atoms with Crippen molar-refractivity contribution in [3.05, 3.63) is 16.4 Å². The fraction of sp³-hybridized carbons (Fsp3) is 0.625. The van der Waals surface area contributed by atoms with Crippen LogP contribution in [0.15, 0.2) is 0 Å². The van der Waals surface area contributed by atoms with E-state index in [4.69, 9.17) is 11.6 Å². The Morgan fingerprint density at radius 1 is 1.50 bits per heavy atom. The first-order valence-electron chi connectivity index (χ1n) is 3.85. The van der Waals surface area contributed by atoms with Crippen LogP contribution in [0, 0.1) is 6.92 Å². The van der Waals surface area contributed by atoms with E-state index >= 15 is 0 Å². The first-order chi connectivity index (χ1) is 5.52. The number of aryl methyl sites for hydroxylation is 1. The van der Waals surface area contributed by atoms with E-state index in [1.807, 2.05) is 33.0 Å². The molecular weight excluding hydrogens is 174 g/mol. The molecule has 0 saturated heterocycles. The highest BCUT2D eigenvalue weighted by molar-refractivity contribution is 6.31. The van der Waals surface area contributed by atoms with Gasteiger partial charge in [0, 0.05) is 13.6 Å². The summed E-state index contributed by atoms with van der Waals surface area (Å²) in [4.78, 5) is 2.05. The Bertz CT molecular complexity index is 278. The maximum Gasteiger partial charge on any atom is 0.0953 e. The largest absolute Gasteiger partial charge is 0.303 e. The molecule has 0 atom stereocenters. The van der Waals surface area contributed by atoms with Crippen molar-refractivity contribution in [1.82, 2.24) is 14.7 Å². The quantitative estimate of drug-likeness (QED) is 0.699. The molecule has 0 fully saturated rings. The molecule has 1 rings (SSSR count). The molecule has 4 heteroatoms. The number of halogens is 1. The minimum atomic E-state index is 0.784. The summed E-state index contributed by atoms with van der Waals surface area (Å²) in [7, 11) is 5.90. The summed E-state index contributed by atoms with van der Waals surface area (Å²) in [6.07, 6.45) is 0. The Kier molecular flexibility index (Phi) is 2.75. The van der Waals surface area contributed by atoms with Crippen LogP contribution < -0.4 is 0 Å². The second-order valence-electron chi connectivity index (χ2n) is 3.21. The van der Waals surface area contributed by atoms with Crippen LogP contribution in [0.3, 0.4) is 0 Å². The molecule has 12 heavy (non-hydrogen) atoms. The third-order valence-corrected chi connectivity index (χ3v) is 2.28. The molecule has 0 bridgehead atoms. The fourth-order valence-corrected chi connectivity index (χ4v) is 1.27. The minimum Gasteiger partial charge on any atom is -0.303 e. The van der Waals surface area contributed by atoms with Crippen molar-refractivity contribution in [2.45, 2.75) is 13.5 Å². The Morgan fingerprint density at radius 2 is 2.08 bits per heavy atom. The van der Waals surface area contributed by atoms with Crippen LogP contribution >= 0.6 is 11.6 Å². The van der Waals surface area contributed by atoms with Gasteiger partial charge in [0.25, 0.3) is 0 Å². The average Bonchev–Trinajstić information content (AvgIpc) is 2.17. The molecule has 0 aliphatic heterocycles. The molecule has 0 aliphatic carbocycles. The monoisotopic (exact) mass is 187 g/mol. The Hall–Kier alpha value is -0.540. The van der Waals surface area contributed by atoms with Gasteiger partial charge in [0.2, 0.25) is 0 Å². The van der Waals surface area contributed by atoms with Crippen LogP contribution in [0.4, 0.5) is 0 Å². The normalized spacial score (nSPS) is 11.2. The summed E-state index contributed by atoms with van der Waals surface area (Å²) in [5.41, 5.74) is 1.97. The van der Waals surface area contributed by atoms with Crippen LogP contribution in [0.25, 0.3) is 0 Å². The number of rotatable bonds is 2. The summed E-state index contributed by atoms with van der Waals surface area (Å²) in [6.45, 7) is 2.76. The standard InChI is InChI=1S/C8H14ClN3/c1-6-8(9)7(5-11(2)3)10-12(6)4/h5H2,1-4H3. The number of nitrogens with zero attached hydrogens (tertiary/aromatic N) is 3. The molecule has 3 nitrogen and oxygen atoms in total. The first kappa shape index (κ1) is 9.55. The second kappa shape index (κ2) is 3.46. The van der Waals surface area contributed by atoms with Gasteiger partial charge in [0.15, 0.2) is 0 Å². The summed E-state index contributed by atoms with van der Waals surface area (Å²) < 4.78 is 1.81. The van der Waals surface area contributed by atoms with Crippen LogP contribution in [0.5, 0.6) is 0 Å². The van der Waals surface area contributed by atoms with Crippen molar-refractivity contribution in [2.75, 3.05) is 14.1 Å². The zero-order chi connectivity index (χ0) is 9.30. The van der Waals surface area contributed by atoms with Gasteiger partial charge in [-0.05, 0) is 21.0 Å². The van der Waals surface area contributed by atoms with E-state index in [9.17, 15) is 0 Å². The molecule has 1 heterocycles. The smallest absolute Gasteiger partial charge is 0.0953 e. The lowest BCUT2D eigenvalue weighted by molar-refractivity contribution is 0.395. The van der Waals surface area contributed by atoms with Gasteiger partial charge in [-0.1, -0.05) is 11.6 Å². The average molecular weight is 188 g/mol. The minimum absolute atomic E-state index is 0.784. The SMILES string of the molecule is Cc1c(Cl)c(CN(C)C)nn1C. The van der Waals surface area contributed by atoms with Crippen molar-refractivity contribution >= 4 is 11.6 Å². The topological polar surface area (TPSA) is 21.1 Å². The fourth-order valence-electron chi connectivity index (χ4n) is 1.05. The lowest BCUT2D eigenvalue weighted by atomic mass is 10.3. The summed E-state index contributed by atoms with van der Waals surface area (Å²) in [5, 5.41) is 5.08. The van der Waals surface area contributed by atoms with Gasteiger partial charge in [-0.15, -0.1) is 0 Å². The molecule has 0 aromatic carbocycles. The summed E-state index contributed by atoms with van der Waals surface area (Å²) in [6, 6.07) is 0. The molecule has 0 aliphatic rings. The molecule has 0 saturated carbocycles. The van der Waals surface area contributed by atoms with Crippen LogP contribution in [-0.4, -0.2) is 28.8 Å². The van der Waals surface area contributed by atoms with Crippen molar-refractivity contribution in [3.63, 3.8) is 0 Å². The molecule has 0 spiro atoms. The van der Waals surface area contributed by atoms with Crippen LogP contribution in [0.1, 0.15) is 11.4 Å². The molecule has 1 aromatic heterocycles. The van der Waals surface area contributed by atoms with E-state index in [1.54, 1.807) is 4.68 Å². The van der Waals surface area contributed by atoms with Crippen LogP contribution in [-0.2, 0) is 13.6 Å².